The topological polar surface area (TPSA) is 99.1 Å². The number of aryl methyl sites for hydroxylation is 1. The third-order valence-electron chi connectivity index (χ3n) is 4.25. The Morgan fingerprint density at radius 1 is 0.968 bits per heavy atom. The summed E-state index contributed by atoms with van der Waals surface area (Å²) in [6, 6.07) is 15.0. The van der Waals surface area contributed by atoms with Crippen LogP contribution >= 0.6 is 0 Å². The maximum Gasteiger partial charge on any atom is 0.343 e. The second-order valence-electron chi connectivity index (χ2n) is 6.42. The summed E-state index contributed by atoms with van der Waals surface area (Å²) in [5, 5.41) is 3.94. The van der Waals surface area contributed by atoms with Gasteiger partial charge in [-0.3, -0.25) is 9.78 Å². The Morgan fingerprint density at radius 3 is 2.52 bits per heavy atom. The minimum Gasteiger partial charge on any atom is -0.497 e. The van der Waals surface area contributed by atoms with Gasteiger partial charge < -0.3 is 14.2 Å². The van der Waals surface area contributed by atoms with Crippen molar-refractivity contribution in [3.8, 4) is 17.2 Å². The number of ether oxygens (including phenoxy) is 3. The molecule has 1 amide bonds. The molecular formula is C23H21N3O5. The molecular weight excluding hydrogens is 398 g/mol. The Hall–Kier alpha value is -4.20. The minimum atomic E-state index is -0.544. The number of amides is 1. The van der Waals surface area contributed by atoms with E-state index < -0.39 is 5.97 Å². The molecule has 31 heavy (non-hydrogen) atoms. The van der Waals surface area contributed by atoms with Crippen LogP contribution in [0, 0.1) is 6.92 Å². The van der Waals surface area contributed by atoms with E-state index in [9.17, 15) is 9.59 Å². The Bertz CT molecular complexity index is 1110. The Labute approximate surface area is 179 Å². The molecule has 158 valence electrons. The van der Waals surface area contributed by atoms with Crippen molar-refractivity contribution >= 4 is 18.1 Å². The fraction of sp³-hybridized carbons (Fsp3) is 0.130. The largest absolute Gasteiger partial charge is 0.497 e. The molecule has 0 fully saturated rings. The van der Waals surface area contributed by atoms with Gasteiger partial charge in [0.2, 0.25) is 0 Å². The summed E-state index contributed by atoms with van der Waals surface area (Å²) >= 11 is 0. The van der Waals surface area contributed by atoms with Crippen molar-refractivity contribution in [1.29, 1.82) is 0 Å². The molecule has 1 aromatic heterocycles. The van der Waals surface area contributed by atoms with Crippen molar-refractivity contribution in [3.63, 3.8) is 0 Å². The Balaban J connectivity index is 1.67. The Morgan fingerprint density at radius 2 is 1.81 bits per heavy atom. The fourth-order valence-corrected chi connectivity index (χ4v) is 2.59. The van der Waals surface area contributed by atoms with E-state index in [1.807, 2.05) is 6.92 Å². The SMILES string of the molecule is COc1cccc(C(=O)Oc2ccc(/C=N\NC(=O)c3ccc(C)nc3)cc2OC)c1. The van der Waals surface area contributed by atoms with Crippen LogP contribution in [0.2, 0.25) is 0 Å². The van der Waals surface area contributed by atoms with Gasteiger partial charge in [-0.15, -0.1) is 0 Å². The van der Waals surface area contributed by atoms with E-state index in [0.29, 0.717) is 28.2 Å². The van der Waals surface area contributed by atoms with Crippen LogP contribution < -0.4 is 19.6 Å². The van der Waals surface area contributed by atoms with Crippen LogP contribution in [0.25, 0.3) is 0 Å². The third-order valence-corrected chi connectivity index (χ3v) is 4.25. The number of pyridine rings is 1. The molecule has 0 aliphatic carbocycles. The number of nitrogens with one attached hydrogen (secondary N) is 1. The lowest BCUT2D eigenvalue weighted by Gasteiger charge is -2.10. The average molecular weight is 419 g/mol. The van der Waals surface area contributed by atoms with Crippen LogP contribution in [0.3, 0.4) is 0 Å². The van der Waals surface area contributed by atoms with Gasteiger partial charge in [0.25, 0.3) is 5.91 Å². The summed E-state index contributed by atoms with van der Waals surface area (Å²) in [6.07, 6.45) is 2.93. The van der Waals surface area contributed by atoms with Crippen molar-refractivity contribution < 1.29 is 23.8 Å². The van der Waals surface area contributed by atoms with E-state index in [2.05, 4.69) is 15.5 Å². The van der Waals surface area contributed by atoms with Crippen LogP contribution in [0.5, 0.6) is 17.2 Å². The highest BCUT2D eigenvalue weighted by Gasteiger charge is 2.13. The van der Waals surface area contributed by atoms with Crippen molar-refractivity contribution in [1.82, 2.24) is 10.4 Å². The number of carbonyl (C=O) groups excluding carboxylic acids is 2. The number of esters is 1. The molecule has 0 radical (unpaired) electrons. The molecule has 0 saturated heterocycles. The smallest absolute Gasteiger partial charge is 0.343 e. The predicted molar refractivity (Wildman–Crippen MR) is 115 cm³/mol. The van der Waals surface area contributed by atoms with Crippen LogP contribution in [0.1, 0.15) is 32.0 Å². The molecule has 8 heteroatoms. The summed E-state index contributed by atoms with van der Waals surface area (Å²) in [7, 11) is 2.99. The summed E-state index contributed by atoms with van der Waals surface area (Å²) in [6.45, 7) is 1.84. The molecule has 1 N–H and O–H groups in total. The third kappa shape index (κ3) is 5.66. The second kappa shape index (κ2) is 10.0. The molecule has 8 nitrogen and oxygen atoms in total. The highest BCUT2D eigenvalue weighted by atomic mass is 16.6. The summed E-state index contributed by atoms with van der Waals surface area (Å²) in [4.78, 5) is 28.6. The first-order valence-corrected chi connectivity index (χ1v) is 9.30. The molecule has 3 rings (SSSR count). The van der Waals surface area contributed by atoms with E-state index >= 15 is 0 Å². The van der Waals surface area contributed by atoms with Gasteiger partial charge in [0.05, 0.1) is 31.6 Å². The first-order valence-electron chi connectivity index (χ1n) is 9.30. The molecule has 3 aromatic rings. The quantitative estimate of drug-likeness (QED) is 0.273. The highest BCUT2D eigenvalue weighted by molar-refractivity contribution is 5.95. The van der Waals surface area contributed by atoms with Crippen molar-refractivity contribution in [2.75, 3.05) is 14.2 Å². The van der Waals surface area contributed by atoms with E-state index in [0.717, 1.165) is 5.69 Å². The molecule has 0 unspecified atom stereocenters. The molecule has 0 bridgehead atoms. The lowest BCUT2D eigenvalue weighted by atomic mass is 10.2. The molecule has 1 heterocycles. The van der Waals surface area contributed by atoms with Gasteiger partial charge in [0.15, 0.2) is 11.5 Å². The molecule has 0 spiro atoms. The lowest BCUT2D eigenvalue weighted by Crippen LogP contribution is -2.17. The predicted octanol–water partition coefficient (Wildman–Crippen LogP) is 3.39. The van der Waals surface area contributed by atoms with E-state index in [-0.39, 0.29) is 11.7 Å². The highest BCUT2D eigenvalue weighted by Crippen LogP contribution is 2.28. The van der Waals surface area contributed by atoms with Crippen molar-refractivity contribution in [2.24, 2.45) is 5.10 Å². The van der Waals surface area contributed by atoms with Gasteiger partial charge in [-0.05, 0) is 61.0 Å². The number of hydrazone groups is 1. The number of rotatable bonds is 7. The first-order chi connectivity index (χ1) is 15.0. The van der Waals surface area contributed by atoms with Crippen LogP contribution in [-0.2, 0) is 0 Å². The number of carbonyl (C=O) groups is 2. The van der Waals surface area contributed by atoms with Gasteiger partial charge >= 0.3 is 5.97 Å². The number of nitrogens with zero attached hydrogens (tertiary/aromatic N) is 2. The number of hydrogen-bond acceptors (Lipinski definition) is 7. The van der Waals surface area contributed by atoms with Gasteiger partial charge in [-0.25, -0.2) is 10.2 Å². The number of benzene rings is 2. The molecule has 0 atom stereocenters. The maximum atomic E-state index is 12.4. The number of hydrogen-bond donors (Lipinski definition) is 1. The van der Waals surface area contributed by atoms with Crippen molar-refractivity contribution in [3.05, 3.63) is 83.2 Å². The van der Waals surface area contributed by atoms with Crippen LogP contribution in [0.4, 0.5) is 0 Å². The summed E-state index contributed by atoms with van der Waals surface area (Å²) in [5.41, 5.74) is 4.64. The van der Waals surface area contributed by atoms with Gasteiger partial charge in [0.1, 0.15) is 5.75 Å². The molecule has 0 aliphatic rings. The number of aromatic nitrogens is 1. The van der Waals surface area contributed by atoms with Crippen LogP contribution in [-0.4, -0.2) is 37.3 Å². The zero-order chi connectivity index (χ0) is 22.2. The number of methoxy groups -OCH3 is 2. The maximum absolute atomic E-state index is 12.4. The normalized spacial score (nSPS) is 10.5. The van der Waals surface area contributed by atoms with Gasteiger partial charge in [-0.2, -0.15) is 5.10 Å². The van der Waals surface area contributed by atoms with Crippen LogP contribution in [0.15, 0.2) is 65.9 Å². The average Bonchev–Trinajstić information content (AvgIpc) is 2.80. The molecule has 2 aromatic carbocycles. The van der Waals surface area contributed by atoms with Gasteiger partial charge in [0, 0.05) is 11.9 Å². The fourth-order valence-electron chi connectivity index (χ4n) is 2.59. The monoisotopic (exact) mass is 419 g/mol. The van der Waals surface area contributed by atoms with E-state index in [4.69, 9.17) is 14.2 Å². The van der Waals surface area contributed by atoms with E-state index in [1.54, 1.807) is 54.6 Å². The summed E-state index contributed by atoms with van der Waals surface area (Å²) < 4.78 is 15.9. The standard InChI is InChI=1S/C23H21N3O5/c1-15-7-9-18(14-24-15)22(27)26-25-13-16-8-10-20(21(11-16)30-3)31-23(28)17-5-4-6-19(12-17)29-2/h4-14H,1-3H3,(H,26,27)/b25-13-. The Kier molecular flexibility index (Phi) is 6.95. The lowest BCUT2D eigenvalue weighted by molar-refractivity contribution is 0.0729. The summed E-state index contributed by atoms with van der Waals surface area (Å²) in [5.74, 6) is 0.227. The van der Waals surface area contributed by atoms with Crippen molar-refractivity contribution in [2.45, 2.75) is 6.92 Å². The minimum absolute atomic E-state index is 0.252. The van der Waals surface area contributed by atoms with Gasteiger partial charge in [-0.1, -0.05) is 6.07 Å². The molecule has 0 aliphatic heterocycles. The second-order valence-corrected chi connectivity index (χ2v) is 6.42. The zero-order valence-electron chi connectivity index (χ0n) is 17.3. The molecule has 0 saturated carbocycles. The zero-order valence-corrected chi connectivity index (χ0v) is 17.3. The first kappa shape index (κ1) is 21.5. The van der Waals surface area contributed by atoms with E-state index in [1.165, 1.54) is 26.6 Å².